The summed E-state index contributed by atoms with van der Waals surface area (Å²) in [6, 6.07) is 0.601. The standard InChI is InChI=1S/C15H25NS/c1-3-8-16-15(9-13-6-4-5-7-13)14-11-17-10-12(14)2/h10-11,13,15-16H,3-9H2,1-2H3. The monoisotopic (exact) mass is 251 g/mol. The molecule has 0 bridgehead atoms. The molecule has 1 aromatic heterocycles. The maximum atomic E-state index is 3.75. The Balaban J connectivity index is 1.99. The van der Waals surface area contributed by atoms with Crippen molar-refractivity contribution in [2.75, 3.05) is 6.54 Å². The van der Waals surface area contributed by atoms with Gasteiger partial charge in [-0.3, -0.25) is 0 Å². The Hall–Kier alpha value is -0.340. The van der Waals surface area contributed by atoms with Crippen LogP contribution in [0.5, 0.6) is 0 Å². The lowest BCUT2D eigenvalue weighted by atomic mass is 9.93. The number of thiophene rings is 1. The highest BCUT2D eigenvalue weighted by molar-refractivity contribution is 7.08. The highest BCUT2D eigenvalue weighted by atomic mass is 32.1. The van der Waals surface area contributed by atoms with Crippen LogP contribution >= 0.6 is 11.3 Å². The fourth-order valence-corrected chi connectivity index (χ4v) is 3.85. The van der Waals surface area contributed by atoms with Crippen LogP contribution in [0.15, 0.2) is 10.8 Å². The summed E-state index contributed by atoms with van der Waals surface area (Å²) in [4.78, 5) is 0. The molecule has 1 saturated carbocycles. The summed E-state index contributed by atoms with van der Waals surface area (Å²) < 4.78 is 0. The Morgan fingerprint density at radius 3 is 2.71 bits per heavy atom. The van der Waals surface area contributed by atoms with E-state index in [1.165, 1.54) is 44.1 Å². The third-order valence-corrected chi connectivity index (χ3v) is 4.83. The molecule has 1 fully saturated rings. The minimum atomic E-state index is 0.601. The molecule has 1 nitrogen and oxygen atoms in total. The normalized spacial score (nSPS) is 18.7. The average molecular weight is 251 g/mol. The van der Waals surface area contributed by atoms with Gasteiger partial charge in [-0.2, -0.15) is 11.3 Å². The summed E-state index contributed by atoms with van der Waals surface area (Å²) in [7, 11) is 0. The topological polar surface area (TPSA) is 12.0 Å². The van der Waals surface area contributed by atoms with Crippen molar-refractivity contribution >= 4 is 11.3 Å². The smallest absolute Gasteiger partial charge is 0.0333 e. The second kappa shape index (κ2) is 6.55. The van der Waals surface area contributed by atoms with E-state index in [-0.39, 0.29) is 0 Å². The van der Waals surface area contributed by atoms with Gasteiger partial charge in [0.2, 0.25) is 0 Å². The van der Waals surface area contributed by atoms with Gasteiger partial charge in [-0.15, -0.1) is 0 Å². The van der Waals surface area contributed by atoms with Crippen molar-refractivity contribution in [3.8, 4) is 0 Å². The molecule has 0 amide bonds. The Morgan fingerprint density at radius 1 is 1.35 bits per heavy atom. The van der Waals surface area contributed by atoms with Crippen LogP contribution in [0.3, 0.4) is 0 Å². The van der Waals surface area contributed by atoms with Gasteiger partial charge in [0, 0.05) is 6.04 Å². The van der Waals surface area contributed by atoms with Crippen LogP contribution < -0.4 is 5.32 Å². The highest BCUT2D eigenvalue weighted by Crippen LogP contribution is 2.34. The minimum Gasteiger partial charge on any atom is -0.310 e. The first-order valence-corrected chi connectivity index (χ1v) is 8.01. The molecule has 17 heavy (non-hydrogen) atoms. The summed E-state index contributed by atoms with van der Waals surface area (Å²) in [5, 5.41) is 8.37. The first kappa shape index (κ1) is 13.1. The summed E-state index contributed by atoms with van der Waals surface area (Å²) in [5.74, 6) is 0.962. The predicted octanol–water partition coefficient (Wildman–Crippen LogP) is 4.68. The second-order valence-electron chi connectivity index (χ2n) is 5.40. The van der Waals surface area contributed by atoms with Crippen molar-refractivity contribution in [3.05, 3.63) is 21.9 Å². The van der Waals surface area contributed by atoms with Crippen molar-refractivity contribution in [2.24, 2.45) is 5.92 Å². The van der Waals surface area contributed by atoms with E-state index in [0.29, 0.717) is 6.04 Å². The van der Waals surface area contributed by atoms with E-state index in [0.717, 1.165) is 12.5 Å². The molecule has 0 saturated heterocycles. The van der Waals surface area contributed by atoms with Gasteiger partial charge in [0.15, 0.2) is 0 Å². The number of nitrogens with one attached hydrogen (secondary N) is 1. The fourth-order valence-electron chi connectivity index (χ4n) is 2.95. The molecule has 1 unspecified atom stereocenters. The Kier molecular flexibility index (Phi) is 5.05. The quantitative estimate of drug-likeness (QED) is 0.774. The molecule has 2 heteroatoms. The lowest BCUT2D eigenvalue weighted by molar-refractivity contribution is 0.395. The van der Waals surface area contributed by atoms with Crippen LogP contribution in [0.25, 0.3) is 0 Å². The van der Waals surface area contributed by atoms with Crippen LogP contribution in [0.4, 0.5) is 0 Å². The van der Waals surface area contributed by atoms with Gasteiger partial charge in [-0.05, 0) is 54.1 Å². The van der Waals surface area contributed by atoms with E-state index in [4.69, 9.17) is 0 Å². The molecule has 1 aliphatic rings. The minimum absolute atomic E-state index is 0.601. The summed E-state index contributed by atoms with van der Waals surface area (Å²) in [5.41, 5.74) is 3.02. The molecule has 1 heterocycles. The number of rotatable bonds is 6. The molecule has 0 spiro atoms. The molecule has 0 aromatic carbocycles. The van der Waals surface area contributed by atoms with E-state index in [9.17, 15) is 0 Å². The summed E-state index contributed by atoms with van der Waals surface area (Å²) in [6.07, 6.45) is 8.38. The van der Waals surface area contributed by atoms with Crippen LogP contribution in [-0.2, 0) is 0 Å². The van der Waals surface area contributed by atoms with Crippen molar-refractivity contribution in [1.29, 1.82) is 0 Å². The molecular formula is C15H25NS. The molecule has 1 aliphatic carbocycles. The highest BCUT2D eigenvalue weighted by Gasteiger charge is 2.22. The van der Waals surface area contributed by atoms with E-state index in [1.807, 2.05) is 11.3 Å². The molecule has 96 valence electrons. The van der Waals surface area contributed by atoms with Crippen LogP contribution in [0, 0.1) is 12.8 Å². The van der Waals surface area contributed by atoms with E-state index >= 15 is 0 Å². The molecule has 0 radical (unpaired) electrons. The van der Waals surface area contributed by atoms with Crippen LogP contribution in [0.2, 0.25) is 0 Å². The molecule has 2 rings (SSSR count). The van der Waals surface area contributed by atoms with Gasteiger partial charge in [0.1, 0.15) is 0 Å². The number of hydrogen-bond acceptors (Lipinski definition) is 2. The Morgan fingerprint density at radius 2 is 2.12 bits per heavy atom. The second-order valence-corrected chi connectivity index (χ2v) is 6.15. The SMILES string of the molecule is CCCNC(CC1CCCC1)c1cscc1C. The third kappa shape index (κ3) is 3.56. The predicted molar refractivity (Wildman–Crippen MR) is 76.7 cm³/mol. The molecule has 1 N–H and O–H groups in total. The van der Waals surface area contributed by atoms with Gasteiger partial charge in [-0.1, -0.05) is 32.6 Å². The van der Waals surface area contributed by atoms with Crippen LogP contribution in [0.1, 0.15) is 62.6 Å². The van der Waals surface area contributed by atoms with Gasteiger partial charge < -0.3 is 5.32 Å². The van der Waals surface area contributed by atoms with Crippen LogP contribution in [-0.4, -0.2) is 6.54 Å². The maximum absolute atomic E-state index is 3.75. The fraction of sp³-hybridized carbons (Fsp3) is 0.733. The van der Waals surface area contributed by atoms with Crippen molar-refractivity contribution < 1.29 is 0 Å². The van der Waals surface area contributed by atoms with Gasteiger partial charge >= 0.3 is 0 Å². The first-order valence-electron chi connectivity index (χ1n) is 7.07. The zero-order chi connectivity index (χ0) is 12.1. The zero-order valence-corrected chi connectivity index (χ0v) is 12.0. The van der Waals surface area contributed by atoms with E-state index in [2.05, 4.69) is 29.9 Å². The van der Waals surface area contributed by atoms with Crippen molar-refractivity contribution in [3.63, 3.8) is 0 Å². The van der Waals surface area contributed by atoms with Crippen molar-refractivity contribution in [1.82, 2.24) is 5.32 Å². The Labute approximate surface area is 110 Å². The molecule has 1 atom stereocenters. The number of hydrogen-bond donors (Lipinski definition) is 1. The summed E-state index contributed by atoms with van der Waals surface area (Å²) in [6.45, 7) is 5.65. The third-order valence-electron chi connectivity index (χ3n) is 3.96. The lowest BCUT2D eigenvalue weighted by Crippen LogP contribution is -2.24. The van der Waals surface area contributed by atoms with Crippen molar-refractivity contribution in [2.45, 2.75) is 58.4 Å². The van der Waals surface area contributed by atoms with E-state index < -0.39 is 0 Å². The lowest BCUT2D eigenvalue weighted by Gasteiger charge is -2.22. The zero-order valence-electron chi connectivity index (χ0n) is 11.2. The molecular weight excluding hydrogens is 226 g/mol. The average Bonchev–Trinajstić information content (AvgIpc) is 2.95. The van der Waals surface area contributed by atoms with Gasteiger partial charge in [0.05, 0.1) is 0 Å². The molecule has 0 aliphatic heterocycles. The molecule has 1 aromatic rings. The summed E-state index contributed by atoms with van der Waals surface area (Å²) >= 11 is 1.85. The van der Waals surface area contributed by atoms with E-state index in [1.54, 1.807) is 5.56 Å². The van der Waals surface area contributed by atoms with Gasteiger partial charge in [-0.25, -0.2) is 0 Å². The Bertz CT molecular complexity index is 325. The van der Waals surface area contributed by atoms with Gasteiger partial charge in [0.25, 0.3) is 0 Å². The first-order chi connectivity index (χ1) is 8.31. The number of aryl methyl sites for hydroxylation is 1. The maximum Gasteiger partial charge on any atom is 0.0333 e. The largest absolute Gasteiger partial charge is 0.310 e.